The molecule has 1 aromatic heterocycles. The number of ether oxygens (including phenoxy) is 6. The molecule has 0 radical (unpaired) electrons. The molecular weight excluding hydrogens is 548 g/mol. The standard InChI is InChI=1S/C31H38O11/c1-16(32)39-21-22-27(3,4)38-15-30(22,12-9-20(34)36-7)19-8-11-28(5)23(18-10-13-37-14-18)41-26(35)25-31(28,42-25)29(19,6)24(21)40-17(2)33/h9-10,12-14,19,21-25H,8,11,15H2,1-7H3/t19-,21+,22-,23-,24+,25+,28-,29-,30-,31+/m1/s1. The van der Waals surface area contributed by atoms with Crippen molar-refractivity contribution in [3.05, 3.63) is 36.3 Å². The predicted octanol–water partition coefficient (Wildman–Crippen LogP) is 3.46. The van der Waals surface area contributed by atoms with Crippen LogP contribution in [-0.4, -0.2) is 67.1 Å². The average Bonchev–Trinajstić information content (AvgIpc) is 3.37. The third-order valence-corrected chi connectivity index (χ3v) is 11.0. The van der Waals surface area contributed by atoms with Crippen LogP contribution < -0.4 is 0 Å². The summed E-state index contributed by atoms with van der Waals surface area (Å²) in [6.45, 7) is 10.6. The maximum absolute atomic E-state index is 13.5. The van der Waals surface area contributed by atoms with Gasteiger partial charge in [0.05, 0.1) is 31.8 Å². The normalized spacial score (nSPS) is 44.6. The molecule has 4 heterocycles. The number of rotatable bonds is 5. The van der Waals surface area contributed by atoms with Crippen LogP contribution in [0.25, 0.3) is 0 Å². The van der Waals surface area contributed by atoms with E-state index in [9.17, 15) is 19.2 Å². The summed E-state index contributed by atoms with van der Waals surface area (Å²) in [7, 11) is 1.30. The second kappa shape index (κ2) is 9.16. The molecule has 6 rings (SSSR count). The van der Waals surface area contributed by atoms with Crippen LogP contribution >= 0.6 is 0 Å². The molecule has 3 saturated heterocycles. The van der Waals surface area contributed by atoms with Crippen LogP contribution in [0.1, 0.15) is 66.1 Å². The summed E-state index contributed by atoms with van der Waals surface area (Å²) in [5.74, 6) is -3.02. The van der Waals surface area contributed by atoms with Gasteiger partial charge in [0, 0.05) is 47.6 Å². The number of fused-ring (bicyclic) bond motifs is 3. The molecular formula is C31H38O11. The monoisotopic (exact) mass is 586 g/mol. The van der Waals surface area contributed by atoms with Crippen LogP contribution in [0, 0.1) is 28.1 Å². The van der Waals surface area contributed by atoms with Gasteiger partial charge in [-0.3, -0.25) is 9.59 Å². The Balaban J connectivity index is 1.62. The topological polar surface area (TPSA) is 140 Å². The van der Waals surface area contributed by atoms with Gasteiger partial charge in [-0.1, -0.05) is 19.9 Å². The van der Waals surface area contributed by atoms with Crippen LogP contribution in [0.5, 0.6) is 0 Å². The molecule has 3 aliphatic heterocycles. The van der Waals surface area contributed by atoms with Crippen molar-refractivity contribution in [2.45, 2.75) is 90.0 Å². The van der Waals surface area contributed by atoms with Crippen molar-refractivity contribution < 1.29 is 52.0 Å². The zero-order valence-electron chi connectivity index (χ0n) is 25.0. The molecule has 10 atom stereocenters. The smallest absolute Gasteiger partial charge is 0.339 e. The minimum absolute atomic E-state index is 0.204. The molecule has 5 fully saturated rings. The third-order valence-electron chi connectivity index (χ3n) is 11.0. The SMILES string of the molecule is COC(=O)C=C[C@]12COC(C)(C)[C@H]1[C@H](OC(C)=O)[C@H](OC(C)=O)[C@@]1(C)[C@H]2CC[C@]2(C)[C@@H](c3ccoc3)OC(=O)[C@@H]3O[C@]312. The van der Waals surface area contributed by atoms with E-state index < -0.39 is 81.7 Å². The fourth-order valence-corrected chi connectivity index (χ4v) is 9.67. The van der Waals surface area contributed by atoms with E-state index in [-0.39, 0.29) is 12.5 Å². The Labute approximate surface area is 244 Å². The lowest BCUT2D eigenvalue weighted by atomic mass is 9.37. The largest absolute Gasteiger partial charge is 0.472 e. The van der Waals surface area contributed by atoms with Gasteiger partial charge in [-0.05, 0) is 38.7 Å². The Morgan fingerprint density at radius 1 is 1.05 bits per heavy atom. The first-order valence-corrected chi connectivity index (χ1v) is 14.4. The number of carbonyl (C=O) groups is 4. The van der Waals surface area contributed by atoms with E-state index in [1.54, 1.807) is 12.3 Å². The molecule has 11 heteroatoms. The number of cyclic esters (lactones) is 1. The van der Waals surface area contributed by atoms with E-state index in [2.05, 4.69) is 0 Å². The fourth-order valence-electron chi connectivity index (χ4n) is 9.67. The fraction of sp³-hybridized carbons (Fsp3) is 0.677. The number of furan rings is 1. The average molecular weight is 587 g/mol. The molecule has 1 spiro atoms. The molecule has 0 unspecified atom stereocenters. The quantitative estimate of drug-likeness (QED) is 0.217. The molecule has 228 valence electrons. The molecule has 5 aliphatic rings. The van der Waals surface area contributed by atoms with Crippen molar-refractivity contribution in [1.82, 2.24) is 0 Å². The van der Waals surface area contributed by atoms with Crippen molar-refractivity contribution >= 4 is 23.9 Å². The van der Waals surface area contributed by atoms with Crippen molar-refractivity contribution in [3.63, 3.8) is 0 Å². The van der Waals surface area contributed by atoms with E-state index >= 15 is 0 Å². The van der Waals surface area contributed by atoms with E-state index in [4.69, 9.17) is 32.8 Å². The molecule has 11 nitrogen and oxygen atoms in total. The molecule has 1 aromatic rings. The molecule has 2 saturated carbocycles. The van der Waals surface area contributed by atoms with E-state index in [1.807, 2.05) is 33.8 Å². The number of epoxide rings is 1. The van der Waals surface area contributed by atoms with E-state index in [0.717, 1.165) is 0 Å². The second-order valence-electron chi connectivity index (χ2n) is 13.3. The summed E-state index contributed by atoms with van der Waals surface area (Å²) < 4.78 is 41.6. The van der Waals surface area contributed by atoms with Gasteiger partial charge >= 0.3 is 23.9 Å². The molecule has 2 aliphatic carbocycles. The molecule has 0 N–H and O–H groups in total. The molecule has 0 bridgehead atoms. The maximum atomic E-state index is 13.5. The molecule has 0 aromatic carbocycles. The highest BCUT2D eigenvalue weighted by atomic mass is 16.7. The predicted molar refractivity (Wildman–Crippen MR) is 142 cm³/mol. The van der Waals surface area contributed by atoms with Crippen LogP contribution in [0.15, 0.2) is 35.2 Å². The zero-order chi connectivity index (χ0) is 30.5. The van der Waals surface area contributed by atoms with E-state index in [1.165, 1.54) is 33.3 Å². The minimum atomic E-state index is -1.16. The van der Waals surface area contributed by atoms with Gasteiger partial charge in [0.25, 0.3) is 0 Å². The Kier molecular flexibility index (Phi) is 6.31. The first kappa shape index (κ1) is 28.9. The zero-order valence-corrected chi connectivity index (χ0v) is 25.0. The van der Waals surface area contributed by atoms with Gasteiger partial charge in [0.2, 0.25) is 0 Å². The first-order valence-electron chi connectivity index (χ1n) is 14.4. The highest BCUT2D eigenvalue weighted by Gasteiger charge is 2.90. The first-order chi connectivity index (χ1) is 19.7. The lowest BCUT2D eigenvalue weighted by Gasteiger charge is -2.67. The van der Waals surface area contributed by atoms with Gasteiger partial charge < -0.3 is 32.8 Å². The third kappa shape index (κ3) is 3.52. The summed E-state index contributed by atoms with van der Waals surface area (Å²) in [4.78, 5) is 51.5. The number of esters is 4. The summed E-state index contributed by atoms with van der Waals surface area (Å²) in [6.07, 6.45) is 3.84. The maximum Gasteiger partial charge on any atom is 0.339 e. The van der Waals surface area contributed by atoms with Gasteiger partial charge in [-0.15, -0.1) is 0 Å². The Hall–Kier alpha value is -3.18. The van der Waals surface area contributed by atoms with Crippen LogP contribution in [0.2, 0.25) is 0 Å². The Morgan fingerprint density at radius 2 is 1.76 bits per heavy atom. The summed E-state index contributed by atoms with van der Waals surface area (Å²) in [5.41, 5.74) is -4.05. The van der Waals surface area contributed by atoms with Crippen molar-refractivity contribution in [3.8, 4) is 0 Å². The summed E-state index contributed by atoms with van der Waals surface area (Å²) in [6, 6.07) is 1.77. The van der Waals surface area contributed by atoms with Crippen molar-refractivity contribution in [1.29, 1.82) is 0 Å². The van der Waals surface area contributed by atoms with Crippen LogP contribution in [0.3, 0.4) is 0 Å². The Bertz CT molecular complexity index is 1350. The van der Waals surface area contributed by atoms with Gasteiger partial charge in [0.1, 0.15) is 23.9 Å². The second-order valence-corrected chi connectivity index (χ2v) is 13.3. The molecule has 42 heavy (non-hydrogen) atoms. The lowest BCUT2D eigenvalue weighted by molar-refractivity contribution is -0.274. The number of hydrogen-bond donors (Lipinski definition) is 0. The minimum Gasteiger partial charge on any atom is -0.472 e. The summed E-state index contributed by atoms with van der Waals surface area (Å²) >= 11 is 0. The van der Waals surface area contributed by atoms with Gasteiger partial charge in [-0.25, -0.2) is 9.59 Å². The van der Waals surface area contributed by atoms with E-state index in [0.29, 0.717) is 18.4 Å². The number of hydrogen-bond acceptors (Lipinski definition) is 11. The van der Waals surface area contributed by atoms with Gasteiger partial charge in [0.15, 0.2) is 6.10 Å². The molecule has 0 amide bonds. The highest BCUT2D eigenvalue weighted by Crippen LogP contribution is 2.80. The number of methoxy groups -OCH3 is 1. The lowest BCUT2D eigenvalue weighted by Crippen LogP contribution is -2.76. The number of carbonyl (C=O) groups excluding carboxylic acids is 4. The summed E-state index contributed by atoms with van der Waals surface area (Å²) in [5, 5.41) is 0. The Morgan fingerprint density at radius 3 is 2.38 bits per heavy atom. The van der Waals surface area contributed by atoms with Crippen molar-refractivity contribution in [2.24, 2.45) is 28.1 Å². The van der Waals surface area contributed by atoms with Crippen LogP contribution in [-0.2, 0) is 47.6 Å². The van der Waals surface area contributed by atoms with Crippen molar-refractivity contribution in [2.75, 3.05) is 13.7 Å². The van der Waals surface area contributed by atoms with Crippen LogP contribution in [0.4, 0.5) is 0 Å². The highest BCUT2D eigenvalue weighted by molar-refractivity contribution is 5.83. The van der Waals surface area contributed by atoms with Gasteiger partial charge in [-0.2, -0.15) is 0 Å².